The maximum absolute atomic E-state index is 15.6. The number of aromatic nitrogens is 3. The number of nitriles is 1. The summed E-state index contributed by atoms with van der Waals surface area (Å²) >= 11 is 0. The second-order valence-corrected chi connectivity index (χ2v) is 12.9. The molecule has 0 N–H and O–H groups in total. The monoisotopic (exact) mass is 660 g/mol. The van der Waals surface area contributed by atoms with Crippen molar-refractivity contribution in [1.29, 1.82) is 5.26 Å². The Morgan fingerprint density at radius 2 is 1.74 bits per heavy atom. The third kappa shape index (κ3) is 7.92. The molecular formula is C35H35F2N4O5P. The van der Waals surface area contributed by atoms with Crippen LogP contribution in [-0.2, 0) is 37.9 Å². The van der Waals surface area contributed by atoms with Gasteiger partial charge in [0.05, 0.1) is 46.9 Å². The highest BCUT2D eigenvalue weighted by Crippen LogP contribution is 2.46. The number of hydrogen-bond donors (Lipinski definition) is 0. The predicted molar refractivity (Wildman–Crippen MR) is 175 cm³/mol. The topological polar surface area (TPSA) is 108 Å². The maximum atomic E-state index is 15.6. The first-order valence-electron chi connectivity index (χ1n) is 15.1. The van der Waals surface area contributed by atoms with Crippen molar-refractivity contribution in [2.24, 2.45) is 0 Å². The lowest BCUT2D eigenvalue weighted by atomic mass is 10.1. The van der Waals surface area contributed by atoms with Crippen LogP contribution in [-0.4, -0.2) is 42.0 Å². The smallest absolute Gasteiger partial charge is 0.361 e. The summed E-state index contributed by atoms with van der Waals surface area (Å²) in [5, 5.41) is 9.36. The second kappa shape index (κ2) is 15.4. The molecule has 0 saturated heterocycles. The Bertz CT molecular complexity index is 1960. The molecule has 3 aromatic carbocycles. The first-order chi connectivity index (χ1) is 22.8. The number of fused-ring (bicyclic) bond motifs is 1. The van der Waals surface area contributed by atoms with Gasteiger partial charge in [-0.05, 0) is 54.4 Å². The number of nitrogens with zero attached hydrogens (tertiary/aromatic N) is 4. The number of pyridine rings is 1. The van der Waals surface area contributed by atoms with Crippen molar-refractivity contribution in [2.75, 3.05) is 27.4 Å². The Labute approximate surface area is 272 Å². The molecule has 0 radical (unpaired) electrons. The third-order valence-corrected chi connectivity index (χ3v) is 9.54. The molecule has 47 heavy (non-hydrogen) atoms. The molecule has 244 valence electrons. The average molecular weight is 661 g/mol. The highest BCUT2D eigenvalue weighted by Gasteiger charge is 2.27. The first kappa shape index (κ1) is 33.9. The number of methoxy groups -OCH3 is 1. The summed E-state index contributed by atoms with van der Waals surface area (Å²) in [6, 6.07) is 21.2. The highest BCUT2D eigenvalue weighted by atomic mass is 31.2. The molecule has 0 bridgehead atoms. The van der Waals surface area contributed by atoms with E-state index >= 15 is 4.39 Å². The van der Waals surface area contributed by atoms with E-state index in [-0.39, 0.29) is 30.0 Å². The molecule has 1 unspecified atom stereocenters. The third-order valence-electron chi connectivity index (χ3n) is 7.62. The van der Waals surface area contributed by atoms with Gasteiger partial charge in [-0.1, -0.05) is 37.6 Å². The van der Waals surface area contributed by atoms with Crippen molar-refractivity contribution in [3.05, 3.63) is 107 Å². The van der Waals surface area contributed by atoms with Crippen molar-refractivity contribution >= 4 is 23.9 Å². The first-order valence-corrected chi connectivity index (χ1v) is 16.7. The van der Waals surface area contributed by atoms with E-state index in [1.54, 1.807) is 55.6 Å². The number of benzene rings is 3. The Hall–Kier alpha value is -4.46. The Kier molecular flexibility index (Phi) is 11.1. The summed E-state index contributed by atoms with van der Waals surface area (Å²) in [5.74, 6) is -0.116. The van der Waals surface area contributed by atoms with E-state index in [4.69, 9.17) is 28.8 Å². The van der Waals surface area contributed by atoms with E-state index < -0.39 is 19.2 Å². The molecule has 0 aliphatic heterocycles. The number of halogens is 2. The van der Waals surface area contributed by atoms with Gasteiger partial charge in [0.2, 0.25) is 5.88 Å². The fourth-order valence-electron chi connectivity index (χ4n) is 5.02. The van der Waals surface area contributed by atoms with Crippen LogP contribution in [0.2, 0.25) is 0 Å². The number of hydrogen-bond acceptors (Lipinski definition) is 8. The van der Waals surface area contributed by atoms with E-state index in [9.17, 15) is 8.96 Å². The molecule has 0 aliphatic carbocycles. The van der Waals surface area contributed by atoms with Crippen LogP contribution < -0.4 is 10.0 Å². The van der Waals surface area contributed by atoms with Gasteiger partial charge in [-0.25, -0.2) is 18.7 Å². The van der Waals surface area contributed by atoms with Crippen molar-refractivity contribution in [3.63, 3.8) is 0 Å². The molecular weight excluding hydrogens is 625 g/mol. The van der Waals surface area contributed by atoms with E-state index in [1.807, 2.05) is 17.6 Å². The molecule has 2 aromatic heterocycles. The van der Waals surface area contributed by atoms with Crippen LogP contribution in [0.5, 0.6) is 5.88 Å². The molecule has 0 fully saturated rings. The molecule has 0 spiro atoms. The van der Waals surface area contributed by atoms with Crippen LogP contribution >= 0.6 is 7.60 Å². The van der Waals surface area contributed by atoms with Crippen LogP contribution in [0.4, 0.5) is 8.78 Å². The molecule has 5 rings (SSSR count). The van der Waals surface area contributed by atoms with Crippen molar-refractivity contribution in [3.8, 4) is 23.2 Å². The molecule has 2 heterocycles. The molecule has 5 aromatic rings. The fourth-order valence-corrected chi connectivity index (χ4v) is 6.39. The van der Waals surface area contributed by atoms with Gasteiger partial charge in [-0.3, -0.25) is 4.57 Å². The summed E-state index contributed by atoms with van der Waals surface area (Å²) in [7, 11) is -0.567. The quantitative estimate of drug-likeness (QED) is 0.0848. The summed E-state index contributed by atoms with van der Waals surface area (Å²) in [4.78, 5) is 9.25. The van der Waals surface area contributed by atoms with Gasteiger partial charge < -0.3 is 23.1 Å². The van der Waals surface area contributed by atoms with Gasteiger partial charge in [-0.2, -0.15) is 5.26 Å². The SMILES string of the molecule is CCCCOP(=O)(OC)c1ccc2nc(Cc3ccc(-c4cccc(OCc5ccc(C#N)cc5F)n4)cc3F)n(CCOC)c2c1. The van der Waals surface area contributed by atoms with Crippen LogP contribution in [0.15, 0.2) is 72.8 Å². The zero-order valence-corrected chi connectivity index (χ0v) is 27.3. The molecule has 12 heteroatoms. The van der Waals surface area contributed by atoms with Gasteiger partial charge >= 0.3 is 7.60 Å². The van der Waals surface area contributed by atoms with Crippen LogP contribution in [0.3, 0.4) is 0 Å². The predicted octanol–water partition coefficient (Wildman–Crippen LogP) is 7.35. The molecule has 0 saturated carbocycles. The van der Waals surface area contributed by atoms with Crippen molar-refractivity contribution in [2.45, 2.75) is 39.3 Å². The molecule has 1 atom stereocenters. The lowest BCUT2D eigenvalue weighted by Crippen LogP contribution is -2.12. The number of rotatable bonds is 15. The maximum Gasteiger partial charge on any atom is 0.361 e. The standard InChI is InChI=1S/C35H35F2N4O5P/c1-4-5-16-46-47(42,44-3)28-13-14-32-33(21-28)41(15-17-43-2)34(39-32)20-25-11-12-26(19-30(25)37)31-7-6-8-35(40-31)45-23-27-10-9-24(22-38)18-29(27)36/h6-14,18-19,21H,4-5,15-17,20,23H2,1-3H3. The Morgan fingerprint density at radius 1 is 0.936 bits per heavy atom. The number of unbranched alkanes of at least 4 members (excludes halogenated alkanes) is 1. The Balaban J connectivity index is 1.37. The van der Waals surface area contributed by atoms with Gasteiger partial charge in [0.15, 0.2) is 0 Å². The van der Waals surface area contributed by atoms with E-state index in [1.165, 1.54) is 25.3 Å². The van der Waals surface area contributed by atoms with Gasteiger partial charge in [0.1, 0.15) is 24.1 Å². The zero-order chi connectivity index (χ0) is 33.4. The van der Waals surface area contributed by atoms with Crippen molar-refractivity contribution < 1.29 is 31.9 Å². The lowest BCUT2D eigenvalue weighted by molar-refractivity contribution is 0.187. The van der Waals surface area contributed by atoms with Crippen LogP contribution in [0, 0.1) is 23.0 Å². The van der Waals surface area contributed by atoms with E-state index in [2.05, 4.69) is 4.98 Å². The Morgan fingerprint density at radius 3 is 2.47 bits per heavy atom. The second-order valence-electron chi connectivity index (χ2n) is 10.8. The van der Waals surface area contributed by atoms with Crippen molar-refractivity contribution in [1.82, 2.24) is 14.5 Å². The zero-order valence-electron chi connectivity index (χ0n) is 26.4. The summed E-state index contributed by atoms with van der Waals surface area (Å²) in [5.41, 5.74) is 3.33. The van der Waals surface area contributed by atoms with Gasteiger partial charge in [0, 0.05) is 44.4 Å². The summed E-state index contributed by atoms with van der Waals surface area (Å²) in [6.07, 6.45) is 1.85. The highest BCUT2D eigenvalue weighted by molar-refractivity contribution is 7.62. The minimum atomic E-state index is -3.54. The average Bonchev–Trinajstić information content (AvgIpc) is 3.43. The van der Waals surface area contributed by atoms with Crippen LogP contribution in [0.25, 0.3) is 22.3 Å². The minimum absolute atomic E-state index is 0.0816. The number of imidazole rings is 1. The summed E-state index contributed by atoms with van der Waals surface area (Å²) in [6.45, 7) is 3.09. The normalized spacial score (nSPS) is 12.6. The molecule has 0 amide bonds. The molecule has 9 nitrogen and oxygen atoms in total. The fraction of sp³-hybridized carbons (Fsp3) is 0.286. The molecule has 0 aliphatic rings. The lowest BCUT2D eigenvalue weighted by Gasteiger charge is -2.17. The number of ether oxygens (including phenoxy) is 2. The summed E-state index contributed by atoms with van der Waals surface area (Å²) < 4.78 is 67.4. The van der Waals surface area contributed by atoms with Crippen LogP contribution in [0.1, 0.15) is 42.3 Å². The van der Waals surface area contributed by atoms with E-state index in [0.29, 0.717) is 58.7 Å². The van der Waals surface area contributed by atoms with E-state index in [0.717, 1.165) is 18.9 Å². The van der Waals surface area contributed by atoms with Gasteiger partial charge in [-0.15, -0.1) is 0 Å². The minimum Gasteiger partial charge on any atom is -0.473 e. The van der Waals surface area contributed by atoms with Gasteiger partial charge in [0.25, 0.3) is 0 Å². The largest absolute Gasteiger partial charge is 0.473 e.